The summed E-state index contributed by atoms with van der Waals surface area (Å²) >= 11 is 3.13. The van der Waals surface area contributed by atoms with Crippen LogP contribution in [0.4, 0.5) is 8.78 Å². The summed E-state index contributed by atoms with van der Waals surface area (Å²) in [4.78, 5) is 11.1. The molecule has 25 heavy (non-hydrogen) atoms. The van der Waals surface area contributed by atoms with E-state index >= 15 is 0 Å². The van der Waals surface area contributed by atoms with Gasteiger partial charge in [-0.15, -0.1) is 0 Å². The summed E-state index contributed by atoms with van der Waals surface area (Å²) in [6.45, 7) is -0.200. The first-order valence-corrected chi connectivity index (χ1v) is 7.69. The number of phenolic OH excluding ortho intramolecular Hbond substituents is 1. The molecule has 0 aliphatic heterocycles. The number of benzene rings is 2. The molecule has 0 saturated carbocycles. The molecule has 4 N–H and O–H groups in total. The Labute approximate surface area is 149 Å². The molecular weight excluding hydrogens is 402 g/mol. The van der Waals surface area contributed by atoms with Crippen LogP contribution in [-0.4, -0.2) is 21.9 Å². The van der Waals surface area contributed by atoms with Gasteiger partial charge in [0.1, 0.15) is 24.0 Å². The highest BCUT2D eigenvalue weighted by atomic mass is 79.9. The third kappa shape index (κ3) is 4.90. The fourth-order valence-corrected chi connectivity index (χ4v) is 2.55. The lowest BCUT2D eigenvalue weighted by Crippen LogP contribution is -2.25. The van der Waals surface area contributed by atoms with Crippen LogP contribution in [0.3, 0.4) is 0 Å². The molecule has 9 heteroatoms. The molecule has 0 aromatic heterocycles. The highest BCUT2D eigenvalue weighted by Gasteiger charge is 2.14. The molecule has 0 spiro atoms. The number of amides is 1. The van der Waals surface area contributed by atoms with Crippen LogP contribution in [0.1, 0.15) is 11.1 Å². The second-order valence-corrected chi connectivity index (χ2v) is 5.93. The Morgan fingerprint density at radius 2 is 1.80 bits per heavy atom. The van der Waals surface area contributed by atoms with Gasteiger partial charge in [-0.25, -0.2) is 8.78 Å². The van der Waals surface area contributed by atoms with Crippen molar-refractivity contribution in [3.05, 3.63) is 57.6 Å². The lowest BCUT2D eigenvalue weighted by atomic mass is 10.1. The Bertz CT molecular complexity index is 823. The highest BCUT2D eigenvalue weighted by Crippen LogP contribution is 2.36. The number of primary amides is 1. The first-order valence-electron chi connectivity index (χ1n) is 6.90. The SMILES string of the molecule is NC(=O)C(Cc1cc(Br)c(O)c(OCc2cc(F)cc(F)c2)c1)=NO. The maximum atomic E-state index is 13.2. The number of nitrogens with zero attached hydrogens (tertiary/aromatic N) is 1. The number of aromatic hydroxyl groups is 1. The summed E-state index contributed by atoms with van der Waals surface area (Å²) in [6, 6.07) is 5.81. The molecule has 0 aliphatic carbocycles. The van der Waals surface area contributed by atoms with E-state index in [1.165, 1.54) is 12.1 Å². The van der Waals surface area contributed by atoms with Gasteiger partial charge in [-0.2, -0.15) is 0 Å². The van der Waals surface area contributed by atoms with Gasteiger partial charge in [0.15, 0.2) is 11.5 Å². The molecule has 132 valence electrons. The highest BCUT2D eigenvalue weighted by molar-refractivity contribution is 9.10. The Kier molecular flexibility index (Phi) is 5.92. The van der Waals surface area contributed by atoms with Gasteiger partial charge in [0.25, 0.3) is 5.91 Å². The molecule has 2 rings (SSSR count). The molecule has 0 bridgehead atoms. The van der Waals surface area contributed by atoms with Crippen LogP contribution in [0.15, 0.2) is 40.0 Å². The van der Waals surface area contributed by atoms with E-state index in [0.717, 1.165) is 18.2 Å². The van der Waals surface area contributed by atoms with Crippen molar-refractivity contribution in [1.29, 1.82) is 0 Å². The predicted octanol–water partition coefficient (Wildman–Crippen LogP) is 2.87. The minimum absolute atomic E-state index is 0.0100. The number of carbonyl (C=O) groups is 1. The molecule has 0 atom stereocenters. The van der Waals surface area contributed by atoms with Gasteiger partial charge in [0.2, 0.25) is 0 Å². The van der Waals surface area contributed by atoms with E-state index in [1.54, 1.807) is 0 Å². The fraction of sp³-hybridized carbons (Fsp3) is 0.125. The zero-order valence-corrected chi connectivity index (χ0v) is 14.3. The number of carbonyl (C=O) groups excluding carboxylic acids is 1. The Balaban J connectivity index is 2.23. The van der Waals surface area contributed by atoms with Crippen molar-refractivity contribution in [2.24, 2.45) is 10.9 Å². The van der Waals surface area contributed by atoms with Crippen LogP contribution in [0.2, 0.25) is 0 Å². The second-order valence-electron chi connectivity index (χ2n) is 5.08. The van der Waals surface area contributed by atoms with Crippen LogP contribution in [-0.2, 0) is 17.8 Å². The average molecular weight is 415 g/mol. The molecule has 0 unspecified atom stereocenters. The Hall–Kier alpha value is -2.68. The summed E-state index contributed by atoms with van der Waals surface area (Å²) in [5.74, 6) is -2.62. The molecule has 6 nitrogen and oxygen atoms in total. The van der Waals surface area contributed by atoms with Crippen LogP contribution < -0.4 is 10.5 Å². The minimum atomic E-state index is -0.899. The van der Waals surface area contributed by atoms with Crippen molar-refractivity contribution in [3.63, 3.8) is 0 Å². The van der Waals surface area contributed by atoms with Crippen molar-refractivity contribution in [1.82, 2.24) is 0 Å². The fourth-order valence-electron chi connectivity index (χ4n) is 2.06. The van der Waals surface area contributed by atoms with Crippen LogP contribution in [0.25, 0.3) is 0 Å². The molecule has 1 amide bonds. The van der Waals surface area contributed by atoms with E-state index in [0.29, 0.717) is 5.56 Å². The van der Waals surface area contributed by atoms with Crippen LogP contribution in [0, 0.1) is 11.6 Å². The Morgan fingerprint density at radius 3 is 2.36 bits per heavy atom. The zero-order valence-electron chi connectivity index (χ0n) is 12.7. The van der Waals surface area contributed by atoms with Gasteiger partial charge in [-0.3, -0.25) is 4.79 Å². The predicted molar refractivity (Wildman–Crippen MR) is 88.6 cm³/mol. The van der Waals surface area contributed by atoms with Crippen LogP contribution in [0.5, 0.6) is 11.5 Å². The number of hydrogen-bond donors (Lipinski definition) is 3. The lowest BCUT2D eigenvalue weighted by Gasteiger charge is -2.12. The third-order valence-electron chi connectivity index (χ3n) is 3.18. The minimum Gasteiger partial charge on any atom is -0.503 e. The first-order chi connectivity index (χ1) is 11.8. The normalized spacial score (nSPS) is 11.4. The summed E-state index contributed by atoms with van der Waals surface area (Å²) < 4.78 is 32.0. The maximum Gasteiger partial charge on any atom is 0.266 e. The number of phenols is 1. The molecule has 2 aromatic carbocycles. The quantitative estimate of drug-likeness (QED) is 0.383. The zero-order chi connectivity index (χ0) is 18.6. The second kappa shape index (κ2) is 7.93. The van der Waals surface area contributed by atoms with Gasteiger partial charge in [0.05, 0.1) is 4.47 Å². The van der Waals surface area contributed by atoms with Gasteiger partial charge >= 0.3 is 0 Å². The molecule has 2 aromatic rings. The number of nitrogens with two attached hydrogens (primary N) is 1. The van der Waals surface area contributed by atoms with Gasteiger partial charge in [0, 0.05) is 12.5 Å². The van der Waals surface area contributed by atoms with E-state index in [4.69, 9.17) is 15.7 Å². The molecule has 0 heterocycles. The van der Waals surface area contributed by atoms with Gasteiger partial charge in [-0.1, -0.05) is 5.16 Å². The summed E-state index contributed by atoms with van der Waals surface area (Å²) in [6.07, 6.45) is -0.102. The monoisotopic (exact) mass is 414 g/mol. The largest absolute Gasteiger partial charge is 0.503 e. The summed E-state index contributed by atoms with van der Waals surface area (Å²) in [7, 11) is 0. The molecule has 0 radical (unpaired) electrons. The number of oxime groups is 1. The molecule has 0 aliphatic rings. The van der Waals surface area contributed by atoms with Crippen molar-refractivity contribution in [2.45, 2.75) is 13.0 Å². The van der Waals surface area contributed by atoms with Crippen LogP contribution >= 0.6 is 15.9 Å². The topological polar surface area (TPSA) is 105 Å². The van der Waals surface area contributed by atoms with E-state index in [9.17, 15) is 18.7 Å². The molecule has 0 fully saturated rings. The third-order valence-corrected chi connectivity index (χ3v) is 3.79. The average Bonchev–Trinajstić information content (AvgIpc) is 2.53. The van der Waals surface area contributed by atoms with Crippen molar-refractivity contribution in [2.75, 3.05) is 0 Å². The van der Waals surface area contributed by atoms with E-state index < -0.39 is 17.5 Å². The number of rotatable bonds is 6. The number of ether oxygens (including phenoxy) is 1. The molecule has 0 saturated heterocycles. The summed E-state index contributed by atoms with van der Waals surface area (Å²) in [5, 5.41) is 21.6. The van der Waals surface area contributed by atoms with E-state index in [-0.39, 0.29) is 40.3 Å². The van der Waals surface area contributed by atoms with Crippen molar-refractivity contribution in [3.8, 4) is 11.5 Å². The van der Waals surface area contributed by atoms with Crippen molar-refractivity contribution < 1.29 is 28.6 Å². The van der Waals surface area contributed by atoms with Gasteiger partial charge < -0.3 is 20.8 Å². The van der Waals surface area contributed by atoms with E-state index in [1.807, 2.05) is 0 Å². The smallest absolute Gasteiger partial charge is 0.266 e. The molecular formula is C16H13BrF2N2O4. The first kappa shape index (κ1) is 18.7. The van der Waals surface area contributed by atoms with E-state index in [2.05, 4.69) is 21.1 Å². The van der Waals surface area contributed by atoms with Gasteiger partial charge in [-0.05, 0) is 51.3 Å². The summed E-state index contributed by atoms with van der Waals surface area (Å²) in [5.41, 5.74) is 5.47. The standard InChI is InChI=1S/C16H13BrF2N2O4/c17-12-3-8(4-13(21-24)16(20)23)5-14(15(12)22)25-7-9-1-10(18)6-11(19)2-9/h1-3,5-6,22,24H,4,7H2,(H2,20,23). The number of hydrogen-bond acceptors (Lipinski definition) is 5. The van der Waals surface area contributed by atoms with Crippen molar-refractivity contribution >= 4 is 27.5 Å². The number of halogens is 3. The lowest BCUT2D eigenvalue weighted by molar-refractivity contribution is -0.112. The maximum absolute atomic E-state index is 13.2. The Morgan fingerprint density at radius 1 is 1.16 bits per heavy atom.